The molecular formula is C16H15FN2O2S. The number of thiazole rings is 1. The fourth-order valence-corrected chi connectivity index (χ4v) is 3.50. The molecule has 0 radical (unpaired) electrons. The summed E-state index contributed by atoms with van der Waals surface area (Å²) >= 11 is 1.16. The van der Waals surface area contributed by atoms with E-state index < -0.39 is 11.7 Å². The van der Waals surface area contributed by atoms with Gasteiger partial charge in [-0.3, -0.25) is 14.9 Å². The number of ketones is 1. The van der Waals surface area contributed by atoms with Crippen molar-refractivity contribution in [1.82, 2.24) is 4.98 Å². The third-order valence-electron chi connectivity index (χ3n) is 3.57. The summed E-state index contributed by atoms with van der Waals surface area (Å²) in [6.45, 7) is 4.04. The maximum absolute atomic E-state index is 13.6. The van der Waals surface area contributed by atoms with Gasteiger partial charge >= 0.3 is 0 Å². The molecule has 1 aliphatic rings. The SMILES string of the molecule is CC1(C)CC(=O)c2sc(NC(=O)c3ccccc3F)nc2C1. The van der Waals surface area contributed by atoms with Gasteiger partial charge in [0.1, 0.15) is 5.82 Å². The van der Waals surface area contributed by atoms with Gasteiger partial charge in [-0.25, -0.2) is 9.37 Å². The maximum Gasteiger partial charge on any atom is 0.260 e. The molecule has 0 aliphatic heterocycles. The van der Waals surface area contributed by atoms with Crippen LogP contribution in [0.2, 0.25) is 0 Å². The molecule has 1 aromatic carbocycles. The predicted molar refractivity (Wildman–Crippen MR) is 82.9 cm³/mol. The highest BCUT2D eigenvalue weighted by molar-refractivity contribution is 7.17. The van der Waals surface area contributed by atoms with Crippen molar-refractivity contribution in [2.75, 3.05) is 5.32 Å². The summed E-state index contributed by atoms with van der Waals surface area (Å²) < 4.78 is 13.6. The minimum Gasteiger partial charge on any atom is -0.298 e. The summed E-state index contributed by atoms with van der Waals surface area (Å²) in [5.41, 5.74) is 0.558. The van der Waals surface area contributed by atoms with Gasteiger partial charge in [0.25, 0.3) is 5.91 Å². The monoisotopic (exact) mass is 318 g/mol. The Hall–Kier alpha value is -2.08. The summed E-state index contributed by atoms with van der Waals surface area (Å²) in [5.74, 6) is -1.09. The molecule has 0 spiro atoms. The number of rotatable bonds is 2. The molecule has 1 N–H and O–H groups in total. The predicted octanol–water partition coefficient (Wildman–Crippen LogP) is 3.69. The first-order valence-corrected chi connectivity index (χ1v) is 7.76. The van der Waals surface area contributed by atoms with E-state index in [0.717, 1.165) is 17.0 Å². The van der Waals surface area contributed by atoms with Crippen LogP contribution in [-0.4, -0.2) is 16.7 Å². The smallest absolute Gasteiger partial charge is 0.260 e. The molecule has 0 atom stereocenters. The van der Waals surface area contributed by atoms with E-state index >= 15 is 0 Å². The summed E-state index contributed by atoms with van der Waals surface area (Å²) in [4.78, 5) is 29.1. The van der Waals surface area contributed by atoms with Crippen LogP contribution in [0.15, 0.2) is 24.3 Å². The van der Waals surface area contributed by atoms with Crippen molar-refractivity contribution < 1.29 is 14.0 Å². The third-order valence-corrected chi connectivity index (χ3v) is 4.63. The van der Waals surface area contributed by atoms with E-state index in [0.29, 0.717) is 22.9 Å². The summed E-state index contributed by atoms with van der Waals surface area (Å²) in [7, 11) is 0. The molecule has 6 heteroatoms. The van der Waals surface area contributed by atoms with Crippen molar-refractivity contribution in [2.45, 2.75) is 26.7 Å². The highest BCUT2D eigenvalue weighted by Crippen LogP contribution is 2.38. The Balaban J connectivity index is 1.85. The van der Waals surface area contributed by atoms with Crippen LogP contribution >= 0.6 is 11.3 Å². The van der Waals surface area contributed by atoms with Crippen LogP contribution in [0.4, 0.5) is 9.52 Å². The summed E-state index contributed by atoms with van der Waals surface area (Å²) in [5, 5.41) is 2.92. The Morgan fingerprint density at radius 1 is 1.32 bits per heavy atom. The van der Waals surface area contributed by atoms with Crippen molar-refractivity contribution in [3.63, 3.8) is 0 Å². The topological polar surface area (TPSA) is 59.1 Å². The second-order valence-electron chi connectivity index (χ2n) is 6.17. The molecule has 22 heavy (non-hydrogen) atoms. The lowest BCUT2D eigenvalue weighted by molar-refractivity contribution is 0.0915. The molecule has 1 aromatic heterocycles. The van der Waals surface area contributed by atoms with Crippen LogP contribution in [-0.2, 0) is 6.42 Å². The second kappa shape index (κ2) is 5.28. The van der Waals surface area contributed by atoms with Crippen LogP contribution in [0.3, 0.4) is 0 Å². The van der Waals surface area contributed by atoms with E-state index in [-0.39, 0.29) is 16.8 Å². The minimum atomic E-state index is -0.585. The average molecular weight is 318 g/mol. The maximum atomic E-state index is 13.6. The Morgan fingerprint density at radius 3 is 2.77 bits per heavy atom. The van der Waals surface area contributed by atoms with Crippen molar-refractivity contribution in [1.29, 1.82) is 0 Å². The zero-order chi connectivity index (χ0) is 15.9. The Bertz CT molecular complexity index is 767. The van der Waals surface area contributed by atoms with E-state index in [2.05, 4.69) is 10.3 Å². The van der Waals surface area contributed by atoms with Gasteiger partial charge in [-0.1, -0.05) is 37.3 Å². The number of halogens is 1. The zero-order valence-electron chi connectivity index (χ0n) is 12.3. The largest absolute Gasteiger partial charge is 0.298 e. The quantitative estimate of drug-likeness (QED) is 0.918. The standard InChI is InChI=1S/C16H15FN2O2S/c1-16(2)7-11-13(12(20)8-16)22-15(18-11)19-14(21)9-5-3-4-6-10(9)17/h3-6H,7-8H2,1-2H3,(H,18,19,21). The number of nitrogens with zero attached hydrogens (tertiary/aromatic N) is 1. The molecule has 0 saturated heterocycles. The minimum absolute atomic E-state index is 0.0395. The van der Waals surface area contributed by atoms with E-state index in [1.807, 2.05) is 13.8 Å². The van der Waals surface area contributed by atoms with Crippen LogP contribution < -0.4 is 5.32 Å². The Kier molecular flexibility index (Phi) is 3.56. The first-order chi connectivity index (χ1) is 10.4. The van der Waals surface area contributed by atoms with Gasteiger partial charge in [0, 0.05) is 6.42 Å². The molecule has 4 nitrogen and oxygen atoms in total. The number of aromatic nitrogens is 1. The number of anilines is 1. The van der Waals surface area contributed by atoms with E-state index in [1.54, 1.807) is 6.07 Å². The van der Waals surface area contributed by atoms with Gasteiger partial charge in [0.05, 0.1) is 16.1 Å². The number of hydrogen-bond acceptors (Lipinski definition) is 4. The number of nitrogens with one attached hydrogen (secondary N) is 1. The fourth-order valence-electron chi connectivity index (χ4n) is 2.58. The van der Waals surface area contributed by atoms with Crippen molar-refractivity contribution in [2.24, 2.45) is 5.41 Å². The molecule has 0 saturated carbocycles. The molecule has 1 heterocycles. The number of benzene rings is 1. The molecule has 0 unspecified atom stereocenters. The van der Waals surface area contributed by atoms with Crippen molar-refractivity contribution >= 4 is 28.2 Å². The van der Waals surface area contributed by atoms with E-state index in [1.165, 1.54) is 18.2 Å². The second-order valence-corrected chi connectivity index (χ2v) is 7.17. The lowest BCUT2D eigenvalue weighted by Gasteiger charge is -2.26. The lowest BCUT2D eigenvalue weighted by atomic mass is 9.78. The number of hydrogen-bond donors (Lipinski definition) is 1. The van der Waals surface area contributed by atoms with Gasteiger partial charge in [0.2, 0.25) is 0 Å². The van der Waals surface area contributed by atoms with Crippen LogP contribution in [0.5, 0.6) is 0 Å². The first kappa shape index (κ1) is 14.8. The third kappa shape index (κ3) is 2.78. The molecule has 1 amide bonds. The summed E-state index contributed by atoms with van der Waals surface area (Å²) in [6.07, 6.45) is 1.17. The number of fused-ring (bicyclic) bond motifs is 1. The Labute approximate surface area is 131 Å². The highest BCUT2D eigenvalue weighted by atomic mass is 32.1. The molecular weight excluding hydrogens is 303 g/mol. The van der Waals surface area contributed by atoms with E-state index in [4.69, 9.17) is 0 Å². The molecule has 0 fully saturated rings. The number of carbonyl (C=O) groups is 2. The summed E-state index contributed by atoms with van der Waals surface area (Å²) in [6, 6.07) is 5.76. The molecule has 114 valence electrons. The molecule has 1 aliphatic carbocycles. The van der Waals surface area contributed by atoms with Gasteiger partial charge in [-0.15, -0.1) is 0 Å². The number of amides is 1. The van der Waals surface area contributed by atoms with Crippen LogP contribution in [0.25, 0.3) is 0 Å². The Morgan fingerprint density at radius 2 is 2.05 bits per heavy atom. The normalized spacial score (nSPS) is 16.2. The van der Waals surface area contributed by atoms with Crippen LogP contribution in [0.1, 0.15) is 46.0 Å². The number of carbonyl (C=O) groups excluding carboxylic acids is 2. The lowest BCUT2D eigenvalue weighted by Crippen LogP contribution is -2.26. The van der Waals surface area contributed by atoms with Gasteiger partial charge in [0.15, 0.2) is 10.9 Å². The molecule has 0 bridgehead atoms. The van der Waals surface area contributed by atoms with Gasteiger partial charge < -0.3 is 0 Å². The average Bonchev–Trinajstić information content (AvgIpc) is 2.80. The zero-order valence-corrected chi connectivity index (χ0v) is 13.1. The van der Waals surface area contributed by atoms with E-state index in [9.17, 15) is 14.0 Å². The molecule has 2 aromatic rings. The van der Waals surface area contributed by atoms with Gasteiger partial charge in [-0.05, 0) is 24.0 Å². The van der Waals surface area contributed by atoms with Crippen molar-refractivity contribution in [3.05, 3.63) is 46.2 Å². The number of Topliss-reactive ketones (excluding diaryl/α,β-unsaturated/α-hetero) is 1. The molecule has 3 rings (SSSR count). The van der Waals surface area contributed by atoms with Crippen molar-refractivity contribution in [3.8, 4) is 0 Å². The van der Waals surface area contributed by atoms with Crippen LogP contribution in [0, 0.1) is 11.2 Å². The van der Waals surface area contributed by atoms with Gasteiger partial charge in [-0.2, -0.15) is 0 Å². The first-order valence-electron chi connectivity index (χ1n) is 6.94. The highest BCUT2D eigenvalue weighted by Gasteiger charge is 2.34. The fraction of sp³-hybridized carbons (Fsp3) is 0.312.